The summed E-state index contributed by atoms with van der Waals surface area (Å²) in [7, 11) is 1.83. The van der Waals surface area contributed by atoms with Gasteiger partial charge in [0.25, 0.3) is 0 Å². The van der Waals surface area contributed by atoms with Gasteiger partial charge >= 0.3 is 5.97 Å². The molecule has 3 heteroatoms. The summed E-state index contributed by atoms with van der Waals surface area (Å²) in [5, 5.41) is 2.98. The number of esters is 1. The lowest BCUT2D eigenvalue weighted by Crippen LogP contribution is -2.26. The van der Waals surface area contributed by atoms with Gasteiger partial charge in [0.05, 0.1) is 13.0 Å². The van der Waals surface area contributed by atoms with E-state index in [2.05, 4.69) is 5.32 Å². The lowest BCUT2D eigenvalue weighted by molar-refractivity contribution is -0.145. The fourth-order valence-electron chi connectivity index (χ4n) is 0.671. The van der Waals surface area contributed by atoms with Crippen molar-refractivity contribution in [3.63, 3.8) is 0 Å². The second-order valence-corrected chi connectivity index (χ2v) is 3.47. The second kappa shape index (κ2) is 6.00. The smallest absolute Gasteiger partial charge is 0.307 e. The lowest BCUT2D eigenvalue weighted by atomic mass is 10.2. The summed E-state index contributed by atoms with van der Waals surface area (Å²) >= 11 is 0. The van der Waals surface area contributed by atoms with Gasteiger partial charge in [0.2, 0.25) is 0 Å². The van der Waals surface area contributed by atoms with E-state index in [-0.39, 0.29) is 12.0 Å². The Morgan fingerprint density at radius 2 is 2.00 bits per heavy atom. The van der Waals surface area contributed by atoms with Gasteiger partial charge in [-0.3, -0.25) is 4.79 Å². The highest BCUT2D eigenvalue weighted by Crippen LogP contribution is 1.97. The molecule has 0 aliphatic rings. The molecule has 0 rings (SSSR count). The van der Waals surface area contributed by atoms with Crippen molar-refractivity contribution in [3.8, 4) is 0 Å². The third-order valence-electron chi connectivity index (χ3n) is 1.54. The largest absolute Gasteiger partial charge is 0.465 e. The molecule has 0 radical (unpaired) electrons. The van der Waals surface area contributed by atoms with E-state index in [4.69, 9.17) is 4.74 Å². The number of hydrogen-bond donors (Lipinski definition) is 1. The molecule has 0 aromatic carbocycles. The number of nitrogens with one attached hydrogen (secondary N) is 1. The first-order valence-corrected chi connectivity index (χ1v) is 4.39. The van der Waals surface area contributed by atoms with Crippen molar-refractivity contribution in [2.75, 3.05) is 13.7 Å². The van der Waals surface area contributed by atoms with Gasteiger partial charge in [-0.05, 0) is 19.9 Å². The summed E-state index contributed by atoms with van der Waals surface area (Å²) in [5.74, 6) is 0.296. The summed E-state index contributed by atoms with van der Waals surface area (Å²) in [6.07, 6.45) is 0.448. The first-order valence-electron chi connectivity index (χ1n) is 4.39. The van der Waals surface area contributed by atoms with E-state index in [1.54, 1.807) is 0 Å². The van der Waals surface area contributed by atoms with Gasteiger partial charge in [-0.15, -0.1) is 0 Å². The molecule has 0 fully saturated rings. The number of rotatable bonds is 5. The molecule has 0 aliphatic heterocycles. The van der Waals surface area contributed by atoms with Crippen LogP contribution in [-0.4, -0.2) is 25.7 Å². The van der Waals surface area contributed by atoms with E-state index < -0.39 is 0 Å². The molecular weight excluding hydrogens is 154 g/mol. The third-order valence-corrected chi connectivity index (χ3v) is 1.54. The fraction of sp³-hybridized carbons (Fsp3) is 0.889. The van der Waals surface area contributed by atoms with Crippen LogP contribution in [0, 0.1) is 5.92 Å². The van der Waals surface area contributed by atoms with E-state index in [1.165, 1.54) is 0 Å². The standard InChI is InChI=1S/C9H19NO2/c1-7(2)6-12-9(11)5-8(3)10-4/h7-8,10H,5-6H2,1-4H3. The van der Waals surface area contributed by atoms with E-state index in [9.17, 15) is 4.79 Å². The van der Waals surface area contributed by atoms with Crippen LogP contribution in [0.5, 0.6) is 0 Å². The second-order valence-electron chi connectivity index (χ2n) is 3.47. The molecule has 0 amide bonds. The van der Waals surface area contributed by atoms with Crippen molar-refractivity contribution in [2.24, 2.45) is 5.92 Å². The summed E-state index contributed by atoms with van der Waals surface area (Å²) in [4.78, 5) is 11.1. The Labute approximate surface area is 74.5 Å². The van der Waals surface area contributed by atoms with Crippen molar-refractivity contribution in [1.82, 2.24) is 5.32 Å². The highest BCUT2D eigenvalue weighted by atomic mass is 16.5. The van der Waals surface area contributed by atoms with Crippen LogP contribution in [0.2, 0.25) is 0 Å². The highest BCUT2D eigenvalue weighted by molar-refractivity contribution is 5.70. The molecule has 1 N–H and O–H groups in total. The first-order chi connectivity index (χ1) is 5.56. The van der Waals surface area contributed by atoms with Gasteiger partial charge in [0.15, 0.2) is 0 Å². The molecule has 0 saturated carbocycles. The van der Waals surface area contributed by atoms with Gasteiger partial charge < -0.3 is 10.1 Å². The molecule has 0 heterocycles. The molecule has 0 bridgehead atoms. The molecular formula is C9H19NO2. The minimum Gasteiger partial charge on any atom is -0.465 e. The number of carbonyl (C=O) groups excluding carboxylic acids is 1. The van der Waals surface area contributed by atoms with Crippen molar-refractivity contribution in [1.29, 1.82) is 0 Å². The third kappa shape index (κ3) is 6.16. The van der Waals surface area contributed by atoms with Crippen LogP contribution in [0.3, 0.4) is 0 Å². The topological polar surface area (TPSA) is 38.3 Å². The van der Waals surface area contributed by atoms with Gasteiger partial charge in [-0.2, -0.15) is 0 Å². The SMILES string of the molecule is CNC(C)CC(=O)OCC(C)C. The van der Waals surface area contributed by atoms with Gasteiger partial charge in [-0.1, -0.05) is 13.8 Å². The summed E-state index contributed by atoms with van der Waals surface area (Å²) in [6, 6.07) is 0.199. The van der Waals surface area contributed by atoms with E-state index in [0.29, 0.717) is 18.9 Å². The Balaban J connectivity index is 3.46. The van der Waals surface area contributed by atoms with Crippen molar-refractivity contribution in [2.45, 2.75) is 33.2 Å². The highest BCUT2D eigenvalue weighted by Gasteiger charge is 2.08. The van der Waals surface area contributed by atoms with Crippen LogP contribution in [0.15, 0.2) is 0 Å². The van der Waals surface area contributed by atoms with E-state index in [1.807, 2.05) is 27.8 Å². The van der Waals surface area contributed by atoms with Gasteiger partial charge in [0, 0.05) is 6.04 Å². The van der Waals surface area contributed by atoms with E-state index in [0.717, 1.165) is 0 Å². The normalized spacial score (nSPS) is 13.1. The monoisotopic (exact) mass is 173 g/mol. The van der Waals surface area contributed by atoms with Crippen molar-refractivity contribution in [3.05, 3.63) is 0 Å². The van der Waals surface area contributed by atoms with Crippen molar-refractivity contribution < 1.29 is 9.53 Å². The van der Waals surface area contributed by atoms with Crippen molar-refractivity contribution >= 4 is 5.97 Å². The maximum Gasteiger partial charge on any atom is 0.307 e. The van der Waals surface area contributed by atoms with E-state index >= 15 is 0 Å². The summed E-state index contributed by atoms with van der Waals surface area (Å²) in [5.41, 5.74) is 0. The van der Waals surface area contributed by atoms with Gasteiger partial charge in [-0.25, -0.2) is 0 Å². The number of carbonyl (C=O) groups is 1. The average Bonchev–Trinajstić information content (AvgIpc) is 2.00. The number of ether oxygens (including phenoxy) is 1. The van der Waals surface area contributed by atoms with Crippen LogP contribution in [0.1, 0.15) is 27.2 Å². The quantitative estimate of drug-likeness (QED) is 0.634. The Morgan fingerprint density at radius 1 is 1.42 bits per heavy atom. The summed E-state index contributed by atoms with van der Waals surface area (Å²) in [6.45, 7) is 6.52. The Hall–Kier alpha value is -0.570. The number of hydrogen-bond acceptors (Lipinski definition) is 3. The maximum atomic E-state index is 11.1. The van der Waals surface area contributed by atoms with Crippen LogP contribution < -0.4 is 5.32 Å². The lowest BCUT2D eigenvalue weighted by Gasteiger charge is -2.10. The molecule has 0 spiro atoms. The molecule has 0 saturated heterocycles. The molecule has 3 nitrogen and oxygen atoms in total. The minimum absolute atomic E-state index is 0.120. The predicted molar refractivity (Wildman–Crippen MR) is 48.9 cm³/mol. The Bertz CT molecular complexity index is 134. The minimum atomic E-state index is -0.120. The zero-order chi connectivity index (χ0) is 9.56. The molecule has 1 atom stereocenters. The first kappa shape index (κ1) is 11.4. The van der Waals surface area contributed by atoms with Crippen LogP contribution in [-0.2, 0) is 9.53 Å². The fourth-order valence-corrected chi connectivity index (χ4v) is 0.671. The molecule has 0 aliphatic carbocycles. The zero-order valence-corrected chi connectivity index (χ0v) is 8.39. The van der Waals surface area contributed by atoms with Crippen LogP contribution >= 0.6 is 0 Å². The maximum absolute atomic E-state index is 11.1. The Kier molecular flexibility index (Phi) is 5.72. The summed E-state index contributed by atoms with van der Waals surface area (Å²) < 4.78 is 5.00. The molecule has 72 valence electrons. The zero-order valence-electron chi connectivity index (χ0n) is 8.39. The molecule has 0 aromatic rings. The molecule has 12 heavy (non-hydrogen) atoms. The molecule has 0 aromatic heterocycles. The van der Waals surface area contributed by atoms with Crippen LogP contribution in [0.25, 0.3) is 0 Å². The Morgan fingerprint density at radius 3 is 2.42 bits per heavy atom. The molecule has 1 unspecified atom stereocenters. The van der Waals surface area contributed by atoms with Crippen LogP contribution in [0.4, 0.5) is 0 Å². The predicted octanol–water partition coefficient (Wildman–Crippen LogP) is 1.18. The average molecular weight is 173 g/mol. The van der Waals surface area contributed by atoms with Gasteiger partial charge in [0.1, 0.15) is 0 Å².